The first-order valence-electron chi connectivity index (χ1n) is 5.17. The number of tetrazole rings is 1. The van der Waals surface area contributed by atoms with Gasteiger partial charge in [0, 0.05) is 11.8 Å². The lowest BCUT2D eigenvalue weighted by atomic mass is 10.1. The van der Waals surface area contributed by atoms with Gasteiger partial charge in [0.1, 0.15) is 12.3 Å². The first-order valence-corrected chi connectivity index (χ1v) is 5.17. The summed E-state index contributed by atoms with van der Waals surface area (Å²) in [7, 11) is 1.39. The van der Waals surface area contributed by atoms with Crippen molar-refractivity contribution in [1.82, 2.24) is 20.2 Å². The highest BCUT2D eigenvalue weighted by Crippen LogP contribution is 2.30. The Balaban J connectivity index is 2.45. The van der Waals surface area contributed by atoms with Gasteiger partial charge in [0.2, 0.25) is 0 Å². The van der Waals surface area contributed by atoms with Crippen molar-refractivity contribution in [3.8, 4) is 17.1 Å². The molecule has 2 rings (SSSR count). The van der Waals surface area contributed by atoms with Crippen molar-refractivity contribution >= 4 is 5.69 Å². The zero-order valence-electron chi connectivity index (χ0n) is 9.85. The summed E-state index contributed by atoms with van der Waals surface area (Å²) in [4.78, 5) is 0. The minimum Gasteiger partial charge on any atom is -0.496 e. The molecule has 0 amide bonds. The van der Waals surface area contributed by atoms with Crippen LogP contribution in [-0.2, 0) is 6.54 Å². The molecule has 1 aromatic carbocycles. The molecule has 102 valence electrons. The second-order valence-electron chi connectivity index (χ2n) is 3.74. The van der Waals surface area contributed by atoms with Crippen LogP contribution in [0.5, 0.6) is 5.75 Å². The van der Waals surface area contributed by atoms with Gasteiger partial charge >= 0.3 is 6.18 Å². The molecule has 0 spiro atoms. The summed E-state index contributed by atoms with van der Waals surface area (Å²) in [5.41, 5.74) is 6.34. The molecule has 0 radical (unpaired) electrons. The van der Waals surface area contributed by atoms with E-state index < -0.39 is 12.7 Å². The van der Waals surface area contributed by atoms with Gasteiger partial charge in [-0.15, -0.1) is 5.10 Å². The average molecular weight is 273 g/mol. The normalized spacial score (nSPS) is 11.6. The predicted molar refractivity (Wildman–Crippen MR) is 60.3 cm³/mol. The molecule has 1 aromatic heterocycles. The van der Waals surface area contributed by atoms with Crippen LogP contribution >= 0.6 is 0 Å². The van der Waals surface area contributed by atoms with Crippen LogP contribution in [0.1, 0.15) is 0 Å². The smallest absolute Gasteiger partial charge is 0.408 e. The van der Waals surface area contributed by atoms with Crippen LogP contribution in [0.25, 0.3) is 11.4 Å². The Kier molecular flexibility index (Phi) is 3.28. The van der Waals surface area contributed by atoms with E-state index in [9.17, 15) is 13.2 Å². The molecule has 0 bridgehead atoms. The molecule has 6 nitrogen and oxygen atoms in total. The lowest BCUT2D eigenvalue weighted by Crippen LogP contribution is -2.19. The Bertz CT molecular complexity index is 581. The maximum absolute atomic E-state index is 12.4. The Morgan fingerprint density at radius 1 is 1.37 bits per heavy atom. The fourth-order valence-electron chi connectivity index (χ4n) is 1.57. The van der Waals surface area contributed by atoms with E-state index in [1.165, 1.54) is 25.3 Å². The molecule has 0 atom stereocenters. The van der Waals surface area contributed by atoms with E-state index in [2.05, 4.69) is 15.5 Å². The standard InChI is InChI=1S/C10H10F3N5O/c1-19-8-4-6(14)2-3-7(8)9-15-16-17-18(9)5-10(11,12)13/h2-4H,5,14H2,1H3. The third kappa shape index (κ3) is 2.92. The number of hydrogen-bond acceptors (Lipinski definition) is 5. The number of nitrogen functional groups attached to an aromatic ring is 1. The number of methoxy groups -OCH3 is 1. The van der Waals surface area contributed by atoms with E-state index in [-0.39, 0.29) is 5.82 Å². The van der Waals surface area contributed by atoms with Gasteiger partial charge in [-0.3, -0.25) is 0 Å². The number of hydrogen-bond donors (Lipinski definition) is 1. The number of aromatic nitrogens is 4. The third-order valence-corrected chi connectivity index (χ3v) is 2.33. The third-order valence-electron chi connectivity index (χ3n) is 2.33. The lowest BCUT2D eigenvalue weighted by Gasteiger charge is -2.10. The fraction of sp³-hybridized carbons (Fsp3) is 0.300. The summed E-state index contributed by atoms with van der Waals surface area (Å²) in [6, 6.07) is 4.53. The van der Waals surface area contributed by atoms with E-state index in [4.69, 9.17) is 10.5 Å². The second-order valence-corrected chi connectivity index (χ2v) is 3.74. The molecule has 0 unspecified atom stereocenters. The molecule has 9 heteroatoms. The largest absolute Gasteiger partial charge is 0.496 e. The minimum atomic E-state index is -4.41. The van der Waals surface area contributed by atoms with E-state index in [1.807, 2.05) is 0 Å². The van der Waals surface area contributed by atoms with Gasteiger partial charge in [-0.1, -0.05) is 0 Å². The molecule has 0 saturated heterocycles. The van der Waals surface area contributed by atoms with E-state index in [0.29, 0.717) is 21.7 Å². The summed E-state index contributed by atoms with van der Waals surface area (Å²) in [6.07, 6.45) is -4.41. The van der Waals surface area contributed by atoms with Gasteiger partial charge in [-0.25, -0.2) is 4.68 Å². The Labute approximate surface area is 106 Å². The van der Waals surface area contributed by atoms with E-state index >= 15 is 0 Å². The van der Waals surface area contributed by atoms with Crippen LogP contribution in [-0.4, -0.2) is 33.5 Å². The summed E-state index contributed by atoms with van der Waals surface area (Å²) >= 11 is 0. The Hall–Kier alpha value is -2.32. The number of anilines is 1. The van der Waals surface area contributed by atoms with Gasteiger partial charge in [0.15, 0.2) is 5.82 Å². The monoisotopic (exact) mass is 273 g/mol. The summed E-state index contributed by atoms with van der Waals surface area (Å²) in [6.45, 7) is -1.27. The quantitative estimate of drug-likeness (QED) is 0.857. The molecule has 0 fully saturated rings. The maximum Gasteiger partial charge on any atom is 0.408 e. The number of rotatable bonds is 3. The first-order chi connectivity index (χ1) is 8.90. The molecule has 0 aliphatic heterocycles. The van der Waals surface area contributed by atoms with Crippen LogP contribution < -0.4 is 10.5 Å². The Morgan fingerprint density at radius 2 is 2.11 bits per heavy atom. The molecule has 1 heterocycles. The average Bonchev–Trinajstić information content (AvgIpc) is 2.74. The van der Waals surface area contributed by atoms with Gasteiger partial charge in [-0.2, -0.15) is 13.2 Å². The van der Waals surface area contributed by atoms with Crippen LogP contribution in [0, 0.1) is 0 Å². The van der Waals surface area contributed by atoms with Crippen molar-refractivity contribution in [1.29, 1.82) is 0 Å². The minimum absolute atomic E-state index is 0.0332. The highest BCUT2D eigenvalue weighted by molar-refractivity contribution is 5.67. The van der Waals surface area contributed by atoms with Crippen molar-refractivity contribution in [2.24, 2.45) is 0 Å². The number of benzene rings is 1. The van der Waals surface area contributed by atoms with Gasteiger partial charge in [0.05, 0.1) is 12.7 Å². The van der Waals surface area contributed by atoms with Crippen LogP contribution in [0.3, 0.4) is 0 Å². The molecule has 2 aromatic rings. The van der Waals surface area contributed by atoms with E-state index in [1.54, 1.807) is 0 Å². The second kappa shape index (κ2) is 4.75. The molecule has 0 aliphatic carbocycles. The zero-order chi connectivity index (χ0) is 14.0. The van der Waals surface area contributed by atoms with E-state index in [0.717, 1.165) is 0 Å². The van der Waals surface area contributed by atoms with Gasteiger partial charge < -0.3 is 10.5 Å². The van der Waals surface area contributed by atoms with Crippen LogP contribution in [0.4, 0.5) is 18.9 Å². The van der Waals surface area contributed by atoms with Crippen LogP contribution in [0.2, 0.25) is 0 Å². The highest BCUT2D eigenvalue weighted by atomic mass is 19.4. The SMILES string of the molecule is COc1cc(N)ccc1-c1nnnn1CC(F)(F)F. The van der Waals surface area contributed by atoms with Crippen LogP contribution in [0.15, 0.2) is 18.2 Å². The molecule has 0 aliphatic rings. The summed E-state index contributed by atoms with van der Waals surface area (Å²) in [5, 5.41) is 10.2. The molecule has 19 heavy (non-hydrogen) atoms. The summed E-state index contributed by atoms with van der Waals surface area (Å²) in [5.74, 6) is 0.271. The molecule has 0 saturated carbocycles. The lowest BCUT2D eigenvalue weighted by molar-refractivity contribution is -0.142. The summed E-state index contributed by atoms with van der Waals surface area (Å²) < 4.78 is 42.9. The van der Waals surface area contributed by atoms with Gasteiger partial charge in [0.25, 0.3) is 0 Å². The van der Waals surface area contributed by atoms with Gasteiger partial charge in [-0.05, 0) is 22.6 Å². The predicted octanol–water partition coefficient (Wildman–Crippen LogP) is 1.49. The molecular formula is C10H10F3N5O. The Morgan fingerprint density at radius 3 is 2.74 bits per heavy atom. The first kappa shape index (κ1) is 13.1. The highest BCUT2D eigenvalue weighted by Gasteiger charge is 2.30. The van der Waals surface area contributed by atoms with Crippen molar-refractivity contribution in [2.45, 2.75) is 12.7 Å². The number of halogens is 3. The van der Waals surface area contributed by atoms with Crippen molar-refractivity contribution in [3.63, 3.8) is 0 Å². The number of alkyl halides is 3. The number of ether oxygens (including phenoxy) is 1. The molecular weight excluding hydrogens is 263 g/mol. The maximum atomic E-state index is 12.4. The topological polar surface area (TPSA) is 78.8 Å². The number of nitrogens with two attached hydrogens (primary N) is 1. The number of nitrogens with zero attached hydrogens (tertiary/aromatic N) is 4. The fourth-order valence-corrected chi connectivity index (χ4v) is 1.57. The zero-order valence-corrected chi connectivity index (χ0v) is 9.85. The molecule has 2 N–H and O–H groups in total. The van der Waals surface area contributed by atoms with Crippen molar-refractivity contribution < 1.29 is 17.9 Å². The van der Waals surface area contributed by atoms with Crippen molar-refractivity contribution in [2.75, 3.05) is 12.8 Å². The van der Waals surface area contributed by atoms with Crippen molar-refractivity contribution in [3.05, 3.63) is 18.2 Å².